The molecule has 2 unspecified atom stereocenters. The van der Waals surface area contributed by atoms with Gasteiger partial charge in [0.15, 0.2) is 0 Å². The van der Waals surface area contributed by atoms with Gasteiger partial charge in [0.05, 0.1) is 0 Å². The summed E-state index contributed by atoms with van der Waals surface area (Å²) in [6, 6.07) is 18.3. The summed E-state index contributed by atoms with van der Waals surface area (Å²) < 4.78 is 0. The van der Waals surface area contributed by atoms with Crippen LogP contribution in [0.4, 0.5) is 0 Å². The van der Waals surface area contributed by atoms with Gasteiger partial charge in [0.1, 0.15) is 5.92 Å². The van der Waals surface area contributed by atoms with Crippen molar-refractivity contribution in [1.29, 1.82) is 0 Å². The Morgan fingerprint density at radius 1 is 1.08 bits per heavy atom. The van der Waals surface area contributed by atoms with Crippen LogP contribution in [0.3, 0.4) is 0 Å². The van der Waals surface area contributed by atoms with Crippen LogP contribution in [-0.4, -0.2) is 29.1 Å². The zero-order valence-corrected chi connectivity index (χ0v) is 14.5. The Kier molecular flexibility index (Phi) is 4.59. The third-order valence-electron chi connectivity index (χ3n) is 5.10. The van der Waals surface area contributed by atoms with Gasteiger partial charge in [-0.05, 0) is 23.6 Å². The molecule has 26 heavy (non-hydrogen) atoms. The maximum absolute atomic E-state index is 11.8. The average Bonchev–Trinajstić information content (AvgIpc) is 2.93. The number of carboxylic acids is 1. The smallest absolute Gasteiger partial charge is 0.313 e. The molecule has 0 bridgehead atoms. The van der Waals surface area contributed by atoms with Crippen LogP contribution in [0.5, 0.6) is 0 Å². The van der Waals surface area contributed by atoms with Gasteiger partial charge in [-0.25, -0.2) is 0 Å². The Bertz CT molecular complexity index is 943. The van der Waals surface area contributed by atoms with Crippen molar-refractivity contribution in [3.05, 3.63) is 77.5 Å². The van der Waals surface area contributed by atoms with Crippen molar-refractivity contribution in [2.45, 2.75) is 18.3 Å². The molecule has 0 amide bonds. The first-order chi connectivity index (χ1) is 12.7. The van der Waals surface area contributed by atoms with E-state index in [0.717, 1.165) is 35.1 Å². The number of H-pyrrole nitrogens is 1. The van der Waals surface area contributed by atoms with Crippen molar-refractivity contribution in [2.75, 3.05) is 13.1 Å². The SMILES string of the molecule is O=C(O)C1CNCC(C/C=C/c2ccccc2)c2c1[nH]c1ccccc21. The van der Waals surface area contributed by atoms with Gasteiger partial charge in [0.2, 0.25) is 0 Å². The van der Waals surface area contributed by atoms with E-state index in [2.05, 4.69) is 40.7 Å². The molecule has 0 aliphatic carbocycles. The first-order valence-corrected chi connectivity index (χ1v) is 8.99. The molecule has 0 fully saturated rings. The summed E-state index contributed by atoms with van der Waals surface area (Å²) in [5.74, 6) is -1.09. The van der Waals surface area contributed by atoms with E-state index in [1.54, 1.807) is 0 Å². The molecule has 1 aromatic heterocycles. The van der Waals surface area contributed by atoms with Crippen molar-refractivity contribution in [1.82, 2.24) is 10.3 Å². The maximum Gasteiger partial charge on any atom is 0.313 e. The van der Waals surface area contributed by atoms with E-state index in [4.69, 9.17) is 0 Å². The summed E-state index contributed by atoms with van der Waals surface area (Å²) in [7, 11) is 0. The molecule has 1 aliphatic rings. The van der Waals surface area contributed by atoms with Gasteiger partial charge in [-0.2, -0.15) is 0 Å². The standard InChI is InChI=1S/C22H22N2O2/c25-22(26)18-14-23-13-16(10-6-9-15-7-2-1-3-8-15)20-17-11-4-5-12-19(17)24-21(18)20/h1-9,11-12,16,18,23-24H,10,13-14H2,(H,25,26)/b9-6+. The molecule has 2 atom stereocenters. The van der Waals surface area contributed by atoms with E-state index in [9.17, 15) is 9.90 Å². The molecule has 0 radical (unpaired) electrons. The minimum Gasteiger partial charge on any atom is -0.481 e. The van der Waals surface area contributed by atoms with Crippen LogP contribution in [0.1, 0.15) is 35.1 Å². The van der Waals surface area contributed by atoms with Crippen molar-refractivity contribution in [3.8, 4) is 0 Å². The number of allylic oxidation sites excluding steroid dienone is 1. The molecule has 0 spiro atoms. The van der Waals surface area contributed by atoms with Crippen LogP contribution in [0.2, 0.25) is 0 Å². The fourth-order valence-corrected chi connectivity index (χ4v) is 3.85. The van der Waals surface area contributed by atoms with Crippen molar-refractivity contribution in [3.63, 3.8) is 0 Å². The van der Waals surface area contributed by atoms with Crippen molar-refractivity contribution in [2.24, 2.45) is 0 Å². The molecular formula is C22H22N2O2. The summed E-state index contributed by atoms with van der Waals surface area (Å²) in [6.07, 6.45) is 5.19. The number of nitrogens with one attached hydrogen (secondary N) is 2. The van der Waals surface area contributed by atoms with E-state index in [1.165, 1.54) is 5.56 Å². The Labute approximate surface area is 152 Å². The molecule has 0 saturated carbocycles. The lowest BCUT2D eigenvalue weighted by molar-refractivity contribution is -0.138. The van der Waals surface area contributed by atoms with Gasteiger partial charge in [0.25, 0.3) is 0 Å². The van der Waals surface area contributed by atoms with Crippen LogP contribution in [0.15, 0.2) is 60.7 Å². The average molecular weight is 346 g/mol. The number of carboxylic acid groups (broad SMARTS) is 1. The van der Waals surface area contributed by atoms with E-state index in [-0.39, 0.29) is 5.92 Å². The predicted octanol–water partition coefficient (Wildman–Crippen LogP) is 4.13. The lowest BCUT2D eigenvalue weighted by Crippen LogP contribution is -2.26. The number of para-hydroxylation sites is 1. The quantitative estimate of drug-likeness (QED) is 0.665. The van der Waals surface area contributed by atoms with Gasteiger partial charge in [-0.1, -0.05) is 60.7 Å². The molecular weight excluding hydrogens is 324 g/mol. The van der Waals surface area contributed by atoms with E-state index in [1.807, 2.05) is 36.4 Å². The number of aromatic amines is 1. The van der Waals surface area contributed by atoms with Gasteiger partial charge in [0, 0.05) is 35.6 Å². The van der Waals surface area contributed by atoms with E-state index < -0.39 is 11.9 Å². The van der Waals surface area contributed by atoms with Crippen LogP contribution in [-0.2, 0) is 4.79 Å². The normalized spacial score (nSPS) is 20.2. The fourth-order valence-electron chi connectivity index (χ4n) is 3.85. The fraction of sp³-hybridized carbons (Fsp3) is 0.227. The van der Waals surface area contributed by atoms with Crippen LogP contribution in [0, 0.1) is 0 Å². The first kappa shape index (κ1) is 16.6. The molecule has 1 aliphatic heterocycles. The molecule has 132 valence electrons. The highest BCUT2D eigenvalue weighted by molar-refractivity contribution is 5.88. The van der Waals surface area contributed by atoms with Gasteiger partial charge < -0.3 is 15.4 Å². The number of hydrogen-bond acceptors (Lipinski definition) is 2. The molecule has 3 N–H and O–H groups in total. The van der Waals surface area contributed by atoms with Crippen LogP contribution >= 0.6 is 0 Å². The summed E-state index contributed by atoms with van der Waals surface area (Å²) in [5.41, 5.74) is 4.19. The Hall–Kier alpha value is -2.85. The zero-order valence-electron chi connectivity index (χ0n) is 14.5. The third kappa shape index (κ3) is 3.16. The molecule has 4 heteroatoms. The maximum atomic E-state index is 11.8. The molecule has 2 aromatic carbocycles. The Balaban J connectivity index is 1.70. The monoisotopic (exact) mass is 346 g/mol. The second-order valence-electron chi connectivity index (χ2n) is 6.79. The van der Waals surface area contributed by atoms with E-state index >= 15 is 0 Å². The third-order valence-corrected chi connectivity index (χ3v) is 5.10. The lowest BCUT2D eigenvalue weighted by Gasteiger charge is -2.14. The Morgan fingerprint density at radius 3 is 2.65 bits per heavy atom. The van der Waals surface area contributed by atoms with Crippen LogP contribution in [0.25, 0.3) is 17.0 Å². The zero-order chi connectivity index (χ0) is 17.9. The number of aliphatic carboxylic acids is 1. The summed E-state index contributed by atoms with van der Waals surface area (Å²) in [6.45, 7) is 1.23. The molecule has 4 rings (SSSR count). The highest BCUT2D eigenvalue weighted by Gasteiger charge is 2.31. The second-order valence-corrected chi connectivity index (χ2v) is 6.79. The highest BCUT2D eigenvalue weighted by Crippen LogP contribution is 2.37. The number of rotatable bonds is 4. The van der Waals surface area contributed by atoms with E-state index in [0.29, 0.717) is 6.54 Å². The summed E-state index contributed by atoms with van der Waals surface area (Å²) in [4.78, 5) is 15.2. The number of carbonyl (C=O) groups is 1. The van der Waals surface area contributed by atoms with Gasteiger partial charge >= 0.3 is 5.97 Å². The highest BCUT2D eigenvalue weighted by atomic mass is 16.4. The van der Waals surface area contributed by atoms with Gasteiger partial charge in [-0.3, -0.25) is 4.79 Å². The minimum absolute atomic E-state index is 0.241. The van der Waals surface area contributed by atoms with Gasteiger partial charge in [-0.15, -0.1) is 0 Å². The molecule has 0 saturated heterocycles. The number of aromatic nitrogens is 1. The molecule has 3 aromatic rings. The summed E-state index contributed by atoms with van der Waals surface area (Å²) in [5, 5.41) is 14.1. The number of hydrogen-bond donors (Lipinski definition) is 3. The topological polar surface area (TPSA) is 65.1 Å². The van der Waals surface area contributed by atoms with Crippen molar-refractivity contribution < 1.29 is 9.90 Å². The lowest BCUT2D eigenvalue weighted by atomic mass is 9.90. The molecule has 4 nitrogen and oxygen atoms in total. The number of benzene rings is 2. The minimum atomic E-state index is -0.786. The largest absolute Gasteiger partial charge is 0.481 e. The van der Waals surface area contributed by atoms with Crippen molar-refractivity contribution >= 4 is 22.9 Å². The predicted molar refractivity (Wildman–Crippen MR) is 104 cm³/mol. The summed E-state index contributed by atoms with van der Waals surface area (Å²) >= 11 is 0. The van der Waals surface area contributed by atoms with Crippen LogP contribution < -0.4 is 5.32 Å². The molecule has 2 heterocycles. The second kappa shape index (κ2) is 7.18. The Morgan fingerprint density at radius 2 is 1.85 bits per heavy atom. The first-order valence-electron chi connectivity index (χ1n) is 8.99. The number of fused-ring (bicyclic) bond motifs is 3.